The molecule has 1 aromatic heterocycles. The Kier molecular flexibility index (Phi) is 7.91. The Hall–Kier alpha value is -4.25. The summed E-state index contributed by atoms with van der Waals surface area (Å²) >= 11 is 1.04. The maximum atomic E-state index is 14.1. The van der Waals surface area contributed by atoms with E-state index in [0.29, 0.717) is 47.9 Å². The molecule has 1 atom stereocenters. The Morgan fingerprint density at radius 2 is 1.81 bits per heavy atom. The summed E-state index contributed by atoms with van der Waals surface area (Å²) < 4.78 is 60.3. The molecule has 6 nitrogen and oxygen atoms in total. The van der Waals surface area contributed by atoms with Crippen LogP contribution in [0, 0.1) is 5.82 Å². The molecule has 1 N–H and O–H groups in total. The molecule has 11 heteroatoms. The standard InChI is InChI=1S/C32H27F4N3O3S/c33-22-9-4-7-20(17-22)30-38-27(28(43-30)19-6-3-8-21(16-19)32(34,35)36)31(41)39-14-2-1-10-23(39)18-37-29(40)25-11-5-12-26-24(25)13-15-42-26/h3-9,11-12,16-17,23H,1-2,10,13-15,18H2,(H,37,40)/t23-/m0/s1. The number of nitrogens with zero attached hydrogens (tertiary/aromatic N) is 2. The third-order valence-electron chi connectivity index (χ3n) is 7.73. The Bertz CT molecular complexity index is 1690. The molecule has 0 radical (unpaired) electrons. The van der Waals surface area contributed by atoms with Gasteiger partial charge in [0.15, 0.2) is 0 Å². The van der Waals surface area contributed by atoms with Gasteiger partial charge in [-0.3, -0.25) is 9.59 Å². The molecule has 0 aliphatic carbocycles. The van der Waals surface area contributed by atoms with Crippen molar-refractivity contribution in [3.63, 3.8) is 0 Å². The molecule has 3 aromatic carbocycles. The van der Waals surface area contributed by atoms with Crippen LogP contribution in [0.5, 0.6) is 5.75 Å². The van der Waals surface area contributed by atoms with Crippen molar-refractivity contribution >= 4 is 23.2 Å². The number of halogens is 4. The van der Waals surface area contributed by atoms with Crippen LogP contribution < -0.4 is 10.1 Å². The van der Waals surface area contributed by atoms with Gasteiger partial charge in [0.2, 0.25) is 0 Å². The zero-order valence-electron chi connectivity index (χ0n) is 22.9. The largest absolute Gasteiger partial charge is 0.493 e. The topological polar surface area (TPSA) is 71.5 Å². The summed E-state index contributed by atoms with van der Waals surface area (Å²) in [4.78, 5) is 33.7. The number of carbonyl (C=O) groups is 2. The number of likely N-dealkylation sites (tertiary alicyclic amines) is 1. The summed E-state index contributed by atoms with van der Waals surface area (Å²) in [6.07, 6.45) is -1.70. The summed E-state index contributed by atoms with van der Waals surface area (Å²) in [6, 6.07) is 15.5. The predicted octanol–water partition coefficient (Wildman–Crippen LogP) is 6.99. The molecule has 1 fully saturated rings. The number of thiazole rings is 1. The Labute approximate surface area is 249 Å². The van der Waals surface area contributed by atoms with E-state index in [1.54, 1.807) is 23.1 Å². The molecular formula is C32H27F4N3O3S. The lowest BCUT2D eigenvalue weighted by Crippen LogP contribution is -2.49. The number of nitrogens with one attached hydrogen (secondary N) is 1. The van der Waals surface area contributed by atoms with Crippen molar-refractivity contribution in [2.75, 3.05) is 19.7 Å². The van der Waals surface area contributed by atoms with Crippen LogP contribution in [0.15, 0.2) is 66.7 Å². The number of piperidine rings is 1. The molecule has 6 rings (SSSR count). The van der Waals surface area contributed by atoms with E-state index >= 15 is 0 Å². The molecule has 43 heavy (non-hydrogen) atoms. The molecule has 0 bridgehead atoms. The van der Waals surface area contributed by atoms with E-state index in [1.807, 2.05) is 6.07 Å². The number of rotatable bonds is 6. The predicted molar refractivity (Wildman–Crippen MR) is 155 cm³/mol. The third-order valence-corrected chi connectivity index (χ3v) is 8.88. The Balaban J connectivity index is 1.31. The summed E-state index contributed by atoms with van der Waals surface area (Å²) in [5, 5.41) is 3.29. The smallest absolute Gasteiger partial charge is 0.416 e. The van der Waals surface area contributed by atoms with Crippen molar-refractivity contribution in [1.29, 1.82) is 0 Å². The lowest BCUT2D eigenvalue weighted by atomic mass is 10.00. The van der Waals surface area contributed by atoms with E-state index in [0.717, 1.165) is 41.9 Å². The number of ether oxygens (including phenoxy) is 1. The van der Waals surface area contributed by atoms with Crippen LogP contribution in [0.3, 0.4) is 0 Å². The maximum Gasteiger partial charge on any atom is 0.416 e. The van der Waals surface area contributed by atoms with Gasteiger partial charge < -0.3 is 15.0 Å². The van der Waals surface area contributed by atoms with Crippen LogP contribution in [0.2, 0.25) is 0 Å². The number of carbonyl (C=O) groups excluding carboxylic acids is 2. The second kappa shape index (κ2) is 11.8. The number of hydrogen-bond donors (Lipinski definition) is 1. The second-order valence-corrected chi connectivity index (χ2v) is 11.5. The summed E-state index contributed by atoms with van der Waals surface area (Å²) in [6.45, 7) is 1.13. The SMILES string of the molecule is O=C(NC[C@@H]1CCCCN1C(=O)c1nc(-c2cccc(F)c2)sc1-c1cccc(C(F)(F)F)c1)c1cccc2c1CCO2. The molecular weight excluding hydrogens is 582 g/mol. The molecule has 0 saturated carbocycles. The first-order valence-corrected chi connectivity index (χ1v) is 14.8. The van der Waals surface area contributed by atoms with Gasteiger partial charge in [0.05, 0.1) is 17.0 Å². The minimum atomic E-state index is -4.57. The first kappa shape index (κ1) is 28.9. The van der Waals surface area contributed by atoms with E-state index in [-0.39, 0.29) is 34.6 Å². The number of benzene rings is 3. The molecule has 2 aliphatic rings. The highest BCUT2D eigenvalue weighted by Crippen LogP contribution is 2.39. The van der Waals surface area contributed by atoms with Crippen molar-refractivity contribution < 1.29 is 31.9 Å². The van der Waals surface area contributed by atoms with Gasteiger partial charge in [-0.25, -0.2) is 9.37 Å². The monoisotopic (exact) mass is 609 g/mol. The normalized spacial score (nSPS) is 16.5. The van der Waals surface area contributed by atoms with Crippen LogP contribution in [0.4, 0.5) is 17.6 Å². The highest BCUT2D eigenvalue weighted by atomic mass is 32.1. The van der Waals surface area contributed by atoms with E-state index in [4.69, 9.17) is 4.74 Å². The zero-order chi connectivity index (χ0) is 30.1. The molecule has 3 heterocycles. The fourth-order valence-corrected chi connectivity index (χ4v) is 6.65. The molecule has 222 valence electrons. The quantitative estimate of drug-likeness (QED) is 0.239. The minimum absolute atomic E-state index is 0.000148. The van der Waals surface area contributed by atoms with E-state index in [9.17, 15) is 27.2 Å². The van der Waals surface area contributed by atoms with Crippen LogP contribution in [-0.4, -0.2) is 47.4 Å². The van der Waals surface area contributed by atoms with Crippen molar-refractivity contribution in [2.45, 2.75) is 37.9 Å². The highest BCUT2D eigenvalue weighted by Gasteiger charge is 2.34. The van der Waals surface area contributed by atoms with Gasteiger partial charge in [0.25, 0.3) is 11.8 Å². The first-order valence-electron chi connectivity index (χ1n) is 14.0. The fraction of sp³-hybridized carbons (Fsp3) is 0.281. The van der Waals surface area contributed by atoms with Gasteiger partial charge in [0, 0.05) is 42.2 Å². The van der Waals surface area contributed by atoms with Crippen molar-refractivity contribution in [1.82, 2.24) is 15.2 Å². The van der Waals surface area contributed by atoms with Gasteiger partial charge in [-0.1, -0.05) is 30.3 Å². The number of fused-ring (bicyclic) bond motifs is 1. The number of alkyl halides is 3. The molecule has 4 aromatic rings. The molecule has 1 saturated heterocycles. The second-order valence-electron chi connectivity index (χ2n) is 10.5. The lowest BCUT2D eigenvalue weighted by Gasteiger charge is -2.35. The van der Waals surface area contributed by atoms with Gasteiger partial charge in [-0.2, -0.15) is 13.2 Å². The molecule has 2 amide bonds. The minimum Gasteiger partial charge on any atom is -0.493 e. The highest BCUT2D eigenvalue weighted by molar-refractivity contribution is 7.18. The maximum absolute atomic E-state index is 14.1. The summed E-state index contributed by atoms with van der Waals surface area (Å²) in [7, 11) is 0. The van der Waals surface area contributed by atoms with Crippen LogP contribution in [-0.2, 0) is 12.6 Å². The van der Waals surface area contributed by atoms with Gasteiger partial charge in [0.1, 0.15) is 22.3 Å². The average molecular weight is 610 g/mol. The Morgan fingerprint density at radius 1 is 1.02 bits per heavy atom. The van der Waals surface area contributed by atoms with E-state index in [2.05, 4.69) is 10.3 Å². The molecule has 0 unspecified atom stereocenters. The van der Waals surface area contributed by atoms with Crippen LogP contribution in [0.25, 0.3) is 21.0 Å². The van der Waals surface area contributed by atoms with Crippen LogP contribution in [0.1, 0.15) is 51.2 Å². The van der Waals surface area contributed by atoms with Crippen LogP contribution >= 0.6 is 11.3 Å². The van der Waals surface area contributed by atoms with Gasteiger partial charge in [-0.05, 0) is 61.2 Å². The van der Waals surface area contributed by atoms with E-state index in [1.165, 1.54) is 30.3 Å². The van der Waals surface area contributed by atoms with Crippen molar-refractivity contribution in [3.05, 3.63) is 94.9 Å². The zero-order valence-corrected chi connectivity index (χ0v) is 23.7. The summed E-state index contributed by atoms with van der Waals surface area (Å²) in [5.74, 6) is -0.503. The lowest BCUT2D eigenvalue weighted by molar-refractivity contribution is -0.137. The molecule has 2 aliphatic heterocycles. The average Bonchev–Trinajstić information content (AvgIpc) is 3.67. The van der Waals surface area contributed by atoms with Gasteiger partial charge in [-0.15, -0.1) is 11.3 Å². The van der Waals surface area contributed by atoms with Crippen molar-refractivity contribution in [2.24, 2.45) is 0 Å². The molecule has 0 spiro atoms. The van der Waals surface area contributed by atoms with E-state index < -0.39 is 23.5 Å². The number of hydrogen-bond acceptors (Lipinski definition) is 5. The number of amides is 2. The third kappa shape index (κ3) is 5.99. The first-order chi connectivity index (χ1) is 20.7. The Morgan fingerprint density at radius 3 is 2.63 bits per heavy atom. The number of aromatic nitrogens is 1. The summed E-state index contributed by atoms with van der Waals surface area (Å²) in [5.41, 5.74) is 1.16. The van der Waals surface area contributed by atoms with Crippen molar-refractivity contribution in [3.8, 4) is 26.8 Å². The fourth-order valence-electron chi connectivity index (χ4n) is 5.60. The van der Waals surface area contributed by atoms with Gasteiger partial charge >= 0.3 is 6.18 Å².